The predicted octanol–water partition coefficient (Wildman–Crippen LogP) is 2.76. The zero-order valence-electron chi connectivity index (χ0n) is 9.22. The summed E-state index contributed by atoms with van der Waals surface area (Å²) in [6, 6.07) is 2.74. The molecule has 0 aliphatic carbocycles. The van der Waals surface area contributed by atoms with Gasteiger partial charge in [-0.1, -0.05) is 44.3 Å². The highest BCUT2D eigenvalue weighted by atomic mass is 28.3. The average molecular weight is 185 g/mol. The van der Waals surface area contributed by atoms with E-state index >= 15 is 0 Å². The minimum Gasteiger partial charge on any atom is -0.306 e. The molecule has 0 fully saturated rings. The molecule has 72 valence electrons. The van der Waals surface area contributed by atoms with Gasteiger partial charge in [-0.15, -0.1) is 0 Å². The van der Waals surface area contributed by atoms with Crippen LogP contribution in [0.2, 0.25) is 18.6 Å². The molecular weight excluding hydrogens is 162 g/mol. The van der Waals surface area contributed by atoms with E-state index in [9.17, 15) is 0 Å². The first-order valence-electron chi connectivity index (χ1n) is 4.86. The van der Waals surface area contributed by atoms with Gasteiger partial charge in [0.25, 0.3) is 0 Å². The first kappa shape index (κ1) is 11.9. The van der Waals surface area contributed by atoms with Crippen LogP contribution in [0.1, 0.15) is 13.8 Å². The van der Waals surface area contributed by atoms with E-state index in [0.717, 1.165) is 6.54 Å². The van der Waals surface area contributed by atoms with Crippen LogP contribution in [0.15, 0.2) is 11.8 Å². The summed E-state index contributed by atoms with van der Waals surface area (Å²) in [6.45, 7) is 8.17. The molecule has 0 N–H and O–H groups in total. The van der Waals surface area contributed by atoms with Crippen molar-refractivity contribution in [3.63, 3.8) is 0 Å². The molecule has 0 atom stereocenters. The normalized spacial score (nSPS) is 13.2. The minimum absolute atomic E-state index is 0.971. The zero-order valence-corrected chi connectivity index (χ0v) is 10.2. The Morgan fingerprint density at radius 1 is 1.17 bits per heavy atom. The van der Waals surface area contributed by atoms with Gasteiger partial charge in [0.1, 0.15) is 0 Å². The van der Waals surface area contributed by atoms with Crippen LogP contribution in [0.25, 0.3) is 0 Å². The van der Waals surface area contributed by atoms with E-state index in [2.05, 4.69) is 51.2 Å². The van der Waals surface area contributed by atoms with Gasteiger partial charge < -0.3 is 4.90 Å². The summed E-state index contributed by atoms with van der Waals surface area (Å²) in [5.41, 5.74) is 2.49. The van der Waals surface area contributed by atoms with Crippen molar-refractivity contribution in [2.24, 2.45) is 0 Å². The standard InChI is InChI=1S/C10H23NSi/c1-6-12(5,7-2)10-8-9-11(3)4/h8,10H,6-7,9H2,1-5H3/b10-8+. The predicted molar refractivity (Wildman–Crippen MR) is 60.3 cm³/mol. The fourth-order valence-electron chi connectivity index (χ4n) is 1.03. The number of likely N-dealkylation sites (N-methyl/N-ethyl adjacent to an activating group) is 1. The molecule has 0 radical (unpaired) electrons. The Morgan fingerprint density at radius 3 is 2.00 bits per heavy atom. The SMILES string of the molecule is CC[Si](C)(/C=C/CN(C)C)CC. The van der Waals surface area contributed by atoms with Gasteiger partial charge in [0.15, 0.2) is 0 Å². The highest BCUT2D eigenvalue weighted by Gasteiger charge is 2.17. The second kappa shape index (κ2) is 5.54. The second-order valence-electron chi connectivity index (χ2n) is 4.03. The third-order valence-electron chi connectivity index (χ3n) is 2.61. The number of nitrogens with zero attached hydrogens (tertiary/aromatic N) is 1. The van der Waals surface area contributed by atoms with Gasteiger partial charge >= 0.3 is 0 Å². The Kier molecular flexibility index (Phi) is 5.50. The summed E-state index contributed by atoms with van der Waals surface area (Å²) in [5.74, 6) is 0. The van der Waals surface area contributed by atoms with Crippen LogP contribution in [-0.4, -0.2) is 33.6 Å². The van der Waals surface area contributed by atoms with Crippen molar-refractivity contribution in [3.05, 3.63) is 11.8 Å². The summed E-state index contributed by atoms with van der Waals surface area (Å²) in [5, 5.41) is 0. The maximum Gasteiger partial charge on any atom is 0.0738 e. The van der Waals surface area contributed by atoms with Crippen molar-refractivity contribution >= 4 is 8.07 Å². The molecule has 1 nitrogen and oxygen atoms in total. The van der Waals surface area contributed by atoms with Crippen molar-refractivity contribution in [2.75, 3.05) is 20.6 Å². The molecule has 0 bridgehead atoms. The van der Waals surface area contributed by atoms with Crippen molar-refractivity contribution in [2.45, 2.75) is 32.5 Å². The van der Waals surface area contributed by atoms with Gasteiger partial charge in [-0.25, -0.2) is 0 Å². The second-order valence-corrected chi connectivity index (χ2v) is 9.08. The fraction of sp³-hybridized carbons (Fsp3) is 0.800. The van der Waals surface area contributed by atoms with Crippen molar-refractivity contribution in [3.8, 4) is 0 Å². The molecule has 0 saturated heterocycles. The summed E-state index contributed by atoms with van der Waals surface area (Å²) >= 11 is 0. The molecule has 0 rings (SSSR count). The Labute approximate surface area is 78.5 Å². The molecule has 0 aromatic carbocycles. The maximum atomic E-state index is 2.49. The number of rotatable bonds is 5. The van der Waals surface area contributed by atoms with Crippen molar-refractivity contribution in [1.29, 1.82) is 0 Å². The Balaban J connectivity index is 3.93. The Morgan fingerprint density at radius 2 is 1.67 bits per heavy atom. The van der Waals surface area contributed by atoms with Gasteiger partial charge in [0.05, 0.1) is 8.07 Å². The van der Waals surface area contributed by atoms with Crippen LogP contribution >= 0.6 is 0 Å². The van der Waals surface area contributed by atoms with E-state index in [1.165, 1.54) is 12.1 Å². The molecule has 0 heterocycles. The lowest BCUT2D eigenvalue weighted by molar-refractivity contribution is 0.456. The molecule has 0 unspecified atom stereocenters. The highest BCUT2D eigenvalue weighted by Crippen LogP contribution is 2.15. The molecular formula is C10H23NSi. The van der Waals surface area contributed by atoms with Crippen LogP contribution in [0.3, 0.4) is 0 Å². The Bertz CT molecular complexity index is 137. The molecule has 2 heteroatoms. The van der Waals surface area contributed by atoms with E-state index < -0.39 is 8.07 Å². The average Bonchev–Trinajstić information content (AvgIpc) is 2.03. The van der Waals surface area contributed by atoms with Gasteiger partial charge in [-0.3, -0.25) is 0 Å². The number of hydrogen-bond donors (Lipinski definition) is 0. The van der Waals surface area contributed by atoms with Gasteiger partial charge in [-0.2, -0.15) is 0 Å². The lowest BCUT2D eigenvalue weighted by Gasteiger charge is -2.19. The summed E-state index contributed by atoms with van der Waals surface area (Å²) < 4.78 is 0. The first-order valence-corrected chi connectivity index (χ1v) is 7.85. The zero-order chi connectivity index (χ0) is 9.61. The molecule has 12 heavy (non-hydrogen) atoms. The van der Waals surface area contributed by atoms with Crippen molar-refractivity contribution in [1.82, 2.24) is 4.90 Å². The molecule has 0 aromatic heterocycles. The fourth-order valence-corrected chi connectivity index (χ4v) is 2.68. The van der Waals surface area contributed by atoms with Gasteiger partial charge in [0.2, 0.25) is 0 Å². The molecule has 0 aromatic rings. The summed E-state index contributed by atoms with van der Waals surface area (Å²) in [4.78, 5) is 2.20. The summed E-state index contributed by atoms with van der Waals surface area (Å²) in [6.07, 6.45) is 2.33. The summed E-state index contributed by atoms with van der Waals surface area (Å²) in [7, 11) is 3.25. The largest absolute Gasteiger partial charge is 0.306 e. The van der Waals surface area contributed by atoms with Gasteiger partial charge in [-0.05, 0) is 14.1 Å². The third kappa shape index (κ3) is 4.73. The van der Waals surface area contributed by atoms with E-state index in [1.807, 2.05) is 0 Å². The molecule has 0 spiro atoms. The maximum absolute atomic E-state index is 2.49. The van der Waals surface area contributed by atoms with Crippen LogP contribution in [-0.2, 0) is 0 Å². The topological polar surface area (TPSA) is 3.24 Å². The lowest BCUT2D eigenvalue weighted by atomic mass is 10.6. The van der Waals surface area contributed by atoms with E-state index in [-0.39, 0.29) is 0 Å². The van der Waals surface area contributed by atoms with Crippen LogP contribution in [0, 0.1) is 0 Å². The molecule has 0 saturated carbocycles. The van der Waals surface area contributed by atoms with Crippen LogP contribution in [0.5, 0.6) is 0 Å². The van der Waals surface area contributed by atoms with E-state index in [1.54, 1.807) is 0 Å². The van der Waals surface area contributed by atoms with Crippen LogP contribution < -0.4 is 0 Å². The highest BCUT2D eigenvalue weighted by molar-refractivity contribution is 6.83. The van der Waals surface area contributed by atoms with E-state index in [0.29, 0.717) is 0 Å². The lowest BCUT2D eigenvalue weighted by Crippen LogP contribution is -2.25. The quantitative estimate of drug-likeness (QED) is 0.595. The Hall–Kier alpha value is -0.0831. The monoisotopic (exact) mass is 185 g/mol. The number of hydrogen-bond acceptors (Lipinski definition) is 1. The van der Waals surface area contributed by atoms with Crippen LogP contribution in [0.4, 0.5) is 0 Å². The van der Waals surface area contributed by atoms with Gasteiger partial charge in [0, 0.05) is 6.54 Å². The smallest absolute Gasteiger partial charge is 0.0738 e. The van der Waals surface area contributed by atoms with E-state index in [4.69, 9.17) is 0 Å². The third-order valence-corrected chi connectivity index (χ3v) is 6.88. The van der Waals surface area contributed by atoms with Crippen molar-refractivity contribution < 1.29 is 0 Å². The molecule has 0 aliphatic rings. The first-order chi connectivity index (χ1) is 5.54. The minimum atomic E-state index is -0.971. The molecule has 0 aliphatic heterocycles. The molecule has 0 amide bonds.